The molecule has 4 rings (SSSR count). The number of ether oxygens (including phenoxy) is 1. The molecule has 0 saturated carbocycles. The maximum Gasteiger partial charge on any atom is 0.441 e. The van der Waals surface area contributed by atoms with E-state index in [4.69, 9.17) is 10.1 Å². The number of benzene rings is 1. The molecule has 1 aromatic carbocycles. The highest BCUT2D eigenvalue weighted by atomic mass is 32.2. The Labute approximate surface area is 185 Å². The Kier molecular flexibility index (Phi) is 5.24. The quantitative estimate of drug-likeness (QED) is 0.678. The molecule has 166 valence electrons. The number of halogens is 3. The van der Waals surface area contributed by atoms with Gasteiger partial charge in [0.25, 0.3) is 5.91 Å². The maximum absolute atomic E-state index is 13.0. The molecule has 2 aliphatic heterocycles. The number of methoxy groups -OCH3 is 1. The van der Waals surface area contributed by atoms with Crippen LogP contribution in [0.5, 0.6) is 5.75 Å². The Morgan fingerprint density at radius 1 is 1.19 bits per heavy atom. The second-order valence-electron chi connectivity index (χ2n) is 7.26. The third-order valence-electron chi connectivity index (χ3n) is 5.04. The van der Waals surface area contributed by atoms with Crippen LogP contribution >= 0.6 is 11.8 Å². The van der Waals surface area contributed by atoms with E-state index in [0.29, 0.717) is 11.3 Å². The lowest BCUT2D eigenvalue weighted by Crippen LogP contribution is -2.35. The summed E-state index contributed by atoms with van der Waals surface area (Å²) in [5.74, 6) is -0.578. The number of fused-ring (bicyclic) bond motifs is 1. The van der Waals surface area contributed by atoms with Crippen LogP contribution in [0.25, 0.3) is 11.8 Å². The van der Waals surface area contributed by atoms with Gasteiger partial charge in [-0.15, -0.1) is 0 Å². The molecule has 0 saturated heterocycles. The SMILES string of the molecule is COc1ccc(C)cc1-n1c(C)cc(/C=C2/C(=N)N3N=C(C(F)(F)F)SC3=NC2=O)c1C. The lowest BCUT2D eigenvalue weighted by molar-refractivity contribution is -0.114. The highest BCUT2D eigenvalue weighted by Crippen LogP contribution is 2.36. The van der Waals surface area contributed by atoms with Crippen molar-refractivity contribution >= 4 is 39.8 Å². The molecule has 0 bridgehead atoms. The minimum Gasteiger partial charge on any atom is -0.495 e. The van der Waals surface area contributed by atoms with Gasteiger partial charge in [-0.2, -0.15) is 28.3 Å². The van der Waals surface area contributed by atoms with Gasteiger partial charge in [0.15, 0.2) is 5.84 Å². The third kappa shape index (κ3) is 3.62. The monoisotopic (exact) mass is 461 g/mol. The molecule has 2 aromatic rings. The van der Waals surface area contributed by atoms with Crippen molar-refractivity contribution in [2.75, 3.05) is 7.11 Å². The summed E-state index contributed by atoms with van der Waals surface area (Å²) >= 11 is 0.224. The Morgan fingerprint density at radius 2 is 1.91 bits per heavy atom. The molecule has 0 fully saturated rings. The predicted molar refractivity (Wildman–Crippen MR) is 118 cm³/mol. The molecule has 2 aliphatic rings. The zero-order valence-corrected chi connectivity index (χ0v) is 18.4. The van der Waals surface area contributed by atoms with Gasteiger partial charge in [-0.3, -0.25) is 10.2 Å². The molecule has 11 heteroatoms. The summed E-state index contributed by atoms with van der Waals surface area (Å²) in [5, 5.41) is 11.0. The zero-order chi connectivity index (χ0) is 23.4. The summed E-state index contributed by atoms with van der Waals surface area (Å²) in [6.07, 6.45) is -3.23. The molecule has 0 spiro atoms. The van der Waals surface area contributed by atoms with Gasteiger partial charge in [-0.25, -0.2) is 0 Å². The van der Waals surface area contributed by atoms with Crippen molar-refractivity contribution in [2.24, 2.45) is 10.1 Å². The van der Waals surface area contributed by atoms with Gasteiger partial charge in [-0.05, 0) is 67.9 Å². The lowest BCUT2D eigenvalue weighted by atomic mass is 10.1. The Balaban J connectivity index is 1.77. The average Bonchev–Trinajstić information content (AvgIpc) is 3.26. The molecule has 1 N–H and O–H groups in total. The van der Waals surface area contributed by atoms with Crippen LogP contribution in [-0.4, -0.2) is 44.8 Å². The topological polar surface area (TPSA) is 83.0 Å². The van der Waals surface area contributed by atoms with Gasteiger partial charge < -0.3 is 9.30 Å². The first-order chi connectivity index (χ1) is 15.0. The number of amides is 1. The molecule has 0 atom stereocenters. The number of aryl methyl sites for hydroxylation is 2. The molecule has 1 amide bonds. The van der Waals surface area contributed by atoms with Gasteiger partial charge >= 0.3 is 6.18 Å². The first-order valence-electron chi connectivity index (χ1n) is 9.42. The van der Waals surface area contributed by atoms with Gasteiger partial charge in [-0.1, -0.05) is 6.07 Å². The number of alkyl halides is 3. The van der Waals surface area contributed by atoms with Crippen LogP contribution in [0.3, 0.4) is 0 Å². The van der Waals surface area contributed by atoms with Crippen molar-refractivity contribution < 1.29 is 22.7 Å². The normalized spacial score (nSPS) is 17.6. The summed E-state index contributed by atoms with van der Waals surface area (Å²) < 4.78 is 46.5. The number of hydrogen-bond acceptors (Lipinski definition) is 5. The van der Waals surface area contributed by atoms with Crippen LogP contribution in [0.2, 0.25) is 0 Å². The number of aliphatic imine (C=N–C) groups is 1. The van der Waals surface area contributed by atoms with E-state index in [0.717, 1.165) is 27.6 Å². The smallest absolute Gasteiger partial charge is 0.441 e. The Bertz CT molecular complexity index is 1260. The van der Waals surface area contributed by atoms with E-state index >= 15 is 0 Å². The van der Waals surface area contributed by atoms with Crippen LogP contribution < -0.4 is 4.74 Å². The highest BCUT2D eigenvalue weighted by molar-refractivity contribution is 8.27. The van der Waals surface area contributed by atoms with Crippen LogP contribution in [0.15, 0.2) is 39.9 Å². The fourth-order valence-corrected chi connectivity index (χ4v) is 4.30. The van der Waals surface area contributed by atoms with E-state index < -0.39 is 23.0 Å². The minimum atomic E-state index is -4.68. The zero-order valence-electron chi connectivity index (χ0n) is 17.5. The number of thioether (sulfide) groups is 1. The predicted octanol–water partition coefficient (Wildman–Crippen LogP) is 4.59. The lowest BCUT2D eigenvalue weighted by Gasteiger charge is -2.20. The van der Waals surface area contributed by atoms with Crippen molar-refractivity contribution in [1.29, 1.82) is 5.41 Å². The second-order valence-corrected chi connectivity index (χ2v) is 8.22. The first kappa shape index (κ1) is 21.9. The molecule has 32 heavy (non-hydrogen) atoms. The standard InChI is InChI=1S/C21H18F3N5O2S/c1-10-5-6-16(31-4)15(7-10)28-11(2)8-13(12(28)3)9-14-17(25)29-20(26-18(14)30)32-19(27-29)21(22,23)24/h5-9,25H,1-4H3/b14-9-,25-17?. The van der Waals surface area contributed by atoms with E-state index in [9.17, 15) is 18.0 Å². The van der Waals surface area contributed by atoms with Crippen molar-refractivity contribution in [2.45, 2.75) is 26.9 Å². The molecule has 0 unspecified atom stereocenters. The summed E-state index contributed by atoms with van der Waals surface area (Å²) in [6.45, 7) is 5.69. The van der Waals surface area contributed by atoms with E-state index in [-0.39, 0.29) is 22.5 Å². The highest BCUT2D eigenvalue weighted by Gasteiger charge is 2.46. The number of hydrogen-bond donors (Lipinski definition) is 1. The van der Waals surface area contributed by atoms with E-state index in [1.807, 2.05) is 49.6 Å². The molecule has 7 nitrogen and oxygen atoms in total. The fraction of sp³-hybridized carbons (Fsp3) is 0.238. The number of rotatable bonds is 3. The number of aromatic nitrogens is 1. The summed E-state index contributed by atoms with van der Waals surface area (Å²) in [6, 6.07) is 7.59. The minimum absolute atomic E-state index is 0.141. The molecule has 3 heterocycles. The van der Waals surface area contributed by atoms with Crippen molar-refractivity contribution in [3.05, 3.63) is 52.4 Å². The third-order valence-corrected chi connectivity index (χ3v) is 6.00. The number of amidine groups is 2. The molecule has 1 aromatic heterocycles. The van der Waals surface area contributed by atoms with Crippen LogP contribution in [0, 0.1) is 26.2 Å². The van der Waals surface area contributed by atoms with Crippen LogP contribution in [-0.2, 0) is 4.79 Å². The van der Waals surface area contributed by atoms with Crippen LogP contribution in [0.4, 0.5) is 13.2 Å². The maximum atomic E-state index is 13.0. The molecule has 0 radical (unpaired) electrons. The van der Waals surface area contributed by atoms with E-state index in [1.165, 1.54) is 6.08 Å². The van der Waals surface area contributed by atoms with Gasteiger partial charge in [0.05, 0.1) is 18.4 Å². The van der Waals surface area contributed by atoms with E-state index in [1.54, 1.807) is 7.11 Å². The average molecular weight is 461 g/mol. The second kappa shape index (κ2) is 7.66. The van der Waals surface area contributed by atoms with Gasteiger partial charge in [0.1, 0.15) is 5.75 Å². The summed E-state index contributed by atoms with van der Waals surface area (Å²) in [7, 11) is 1.58. The molecule has 0 aliphatic carbocycles. The first-order valence-corrected chi connectivity index (χ1v) is 10.2. The van der Waals surface area contributed by atoms with Crippen LogP contribution in [0.1, 0.15) is 22.5 Å². The van der Waals surface area contributed by atoms with Gasteiger partial charge in [0.2, 0.25) is 10.2 Å². The molecular formula is C21H18F3N5O2S. The molecular weight excluding hydrogens is 443 g/mol. The fourth-order valence-electron chi connectivity index (χ4n) is 3.54. The number of nitrogens with one attached hydrogen (secondary N) is 1. The van der Waals surface area contributed by atoms with E-state index in [2.05, 4.69) is 10.1 Å². The number of carbonyl (C=O) groups is 1. The van der Waals surface area contributed by atoms with Crippen molar-refractivity contribution in [3.8, 4) is 11.4 Å². The van der Waals surface area contributed by atoms with Gasteiger partial charge in [0, 0.05) is 11.4 Å². The number of nitrogens with zero attached hydrogens (tertiary/aromatic N) is 4. The van der Waals surface area contributed by atoms with Crippen molar-refractivity contribution in [3.63, 3.8) is 0 Å². The van der Waals surface area contributed by atoms with Crippen molar-refractivity contribution in [1.82, 2.24) is 9.58 Å². The number of hydrazone groups is 1. The largest absolute Gasteiger partial charge is 0.495 e. The Morgan fingerprint density at radius 3 is 2.56 bits per heavy atom. The summed E-state index contributed by atoms with van der Waals surface area (Å²) in [5.41, 5.74) is 3.95. The number of carbonyl (C=O) groups excluding carboxylic acids is 1. The summed E-state index contributed by atoms with van der Waals surface area (Å²) in [4.78, 5) is 16.2. The Hall–Kier alpha value is -3.34.